The van der Waals surface area contributed by atoms with Crippen molar-refractivity contribution >= 4 is 46.5 Å². The molecule has 0 atom stereocenters. The van der Waals surface area contributed by atoms with E-state index in [1.807, 2.05) is 60.7 Å². The first-order valence-corrected chi connectivity index (χ1v) is 10.5. The normalized spacial score (nSPS) is 10.4. The summed E-state index contributed by atoms with van der Waals surface area (Å²) in [6, 6.07) is 22.8. The highest BCUT2D eigenvalue weighted by atomic mass is 35.5. The molecule has 29 heavy (non-hydrogen) atoms. The molecule has 0 aliphatic rings. The van der Waals surface area contributed by atoms with Crippen molar-refractivity contribution in [1.29, 1.82) is 0 Å². The molecule has 3 nitrogen and oxygen atoms in total. The molecule has 0 amide bonds. The van der Waals surface area contributed by atoms with Gasteiger partial charge in [0.15, 0.2) is 6.61 Å². The van der Waals surface area contributed by atoms with E-state index in [-0.39, 0.29) is 6.61 Å². The smallest absolute Gasteiger partial charge is 0.341 e. The summed E-state index contributed by atoms with van der Waals surface area (Å²) in [6.07, 6.45) is 2.15. The number of carboxylic acids is 1. The molecule has 0 spiro atoms. The molecule has 3 aromatic carbocycles. The number of hydrogen-bond acceptors (Lipinski definition) is 3. The van der Waals surface area contributed by atoms with Crippen LogP contribution in [0.25, 0.3) is 5.57 Å². The molecule has 6 heteroatoms. The molecule has 0 saturated carbocycles. The Morgan fingerprint density at radius 1 is 0.931 bits per heavy atom. The average Bonchev–Trinajstić information content (AvgIpc) is 2.70. The third-order valence-electron chi connectivity index (χ3n) is 3.99. The summed E-state index contributed by atoms with van der Waals surface area (Å²) in [6.45, 7) is -0.349. The fourth-order valence-corrected chi connectivity index (χ4v) is 3.86. The quantitative estimate of drug-likeness (QED) is 0.393. The highest BCUT2D eigenvalue weighted by Gasteiger charge is 2.07. The summed E-state index contributed by atoms with van der Waals surface area (Å²) in [5.41, 5.74) is 3.11. The van der Waals surface area contributed by atoms with Gasteiger partial charge in [-0.15, -0.1) is 11.8 Å². The summed E-state index contributed by atoms with van der Waals surface area (Å²) in [5, 5.41) is 10.0. The number of thioether (sulfide) groups is 1. The Hall–Kier alpha value is -2.40. The standard InChI is InChI=1S/C23H18Cl2O3S/c24-18-5-1-3-16(13-18)22(17-4-2-6-19(25)14-17)11-12-29-21-9-7-20(8-10-21)28-15-23(26)27/h1-11,13-14H,12,15H2,(H,26,27). The molecule has 0 aliphatic carbocycles. The maximum absolute atomic E-state index is 10.6. The second-order valence-electron chi connectivity index (χ2n) is 6.10. The number of carbonyl (C=O) groups is 1. The fraction of sp³-hybridized carbons (Fsp3) is 0.0870. The number of ether oxygens (including phenoxy) is 1. The highest BCUT2D eigenvalue weighted by molar-refractivity contribution is 7.99. The molecular formula is C23H18Cl2O3S. The second kappa shape index (κ2) is 10.4. The van der Waals surface area contributed by atoms with Gasteiger partial charge in [0.25, 0.3) is 0 Å². The number of hydrogen-bond donors (Lipinski definition) is 1. The molecule has 0 fully saturated rings. The summed E-state index contributed by atoms with van der Waals surface area (Å²) in [5.74, 6) is 0.276. The van der Waals surface area contributed by atoms with Crippen molar-refractivity contribution in [2.24, 2.45) is 0 Å². The average molecular weight is 445 g/mol. The van der Waals surface area contributed by atoms with Gasteiger partial charge in [-0.25, -0.2) is 4.79 Å². The molecule has 0 saturated heterocycles. The molecule has 3 aromatic rings. The highest BCUT2D eigenvalue weighted by Crippen LogP contribution is 2.29. The van der Waals surface area contributed by atoms with Crippen molar-refractivity contribution in [2.45, 2.75) is 4.90 Å². The Bertz CT molecular complexity index is 969. The molecule has 0 radical (unpaired) electrons. The predicted octanol–water partition coefficient (Wildman–Crippen LogP) is 6.68. The Morgan fingerprint density at radius 3 is 2.03 bits per heavy atom. The molecule has 0 aliphatic heterocycles. The number of aliphatic carboxylic acids is 1. The van der Waals surface area contributed by atoms with Crippen molar-refractivity contribution in [3.63, 3.8) is 0 Å². The van der Waals surface area contributed by atoms with Crippen LogP contribution >= 0.6 is 35.0 Å². The molecule has 0 aromatic heterocycles. The lowest BCUT2D eigenvalue weighted by atomic mass is 9.98. The van der Waals surface area contributed by atoms with Crippen molar-refractivity contribution in [1.82, 2.24) is 0 Å². The Labute approximate surface area is 183 Å². The van der Waals surface area contributed by atoms with Gasteiger partial charge in [-0.3, -0.25) is 0 Å². The monoisotopic (exact) mass is 444 g/mol. The van der Waals surface area contributed by atoms with Crippen LogP contribution in [0.3, 0.4) is 0 Å². The fourth-order valence-electron chi connectivity index (χ4n) is 2.71. The molecular weight excluding hydrogens is 427 g/mol. The lowest BCUT2D eigenvalue weighted by Gasteiger charge is -2.10. The van der Waals surface area contributed by atoms with E-state index in [2.05, 4.69) is 6.08 Å². The van der Waals surface area contributed by atoms with Crippen LogP contribution in [0.15, 0.2) is 83.8 Å². The van der Waals surface area contributed by atoms with E-state index in [4.69, 9.17) is 33.0 Å². The van der Waals surface area contributed by atoms with Crippen molar-refractivity contribution in [3.8, 4) is 5.75 Å². The van der Waals surface area contributed by atoms with Crippen LogP contribution in [0.5, 0.6) is 5.75 Å². The zero-order chi connectivity index (χ0) is 20.6. The van der Waals surface area contributed by atoms with Crippen molar-refractivity contribution < 1.29 is 14.6 Å². The molecule has 3 rings (SSSR count). The first kappa shape index (κ1) is 21.3. The van der Waals surface area contributed by atoms with Crippen LogP contribution in [0.1, 0.15) is 11.1 Å². The number of halogens is 2. The number of rotatable bonds is 8. The van der Waals surface area contributed by atoms with E-state index in [1.54, 1.807) is 23.9 Å². The molecule has 0 unspecified atom stereocenters. The molecule has 148 valence electrons. The van der Waals surface area contributed by atoms with Gasteiger partial charge in [-0.05, 0) is 65.2 Å². The summed E-state index contributed by atoms with van der Waals surface area (Å²) < 4.78 is 5.16. The van der Waals surface area contributed by atoms with E-state index in [0.29, 0.717) is 15.8 Å². The van der Waals surface area contributed by atoms with Crippen LogP contribution in [0.4, 0.5) is 0 Å². The number of benzene rings is 3. The van der Waals surface area contributed by atoms with Crippen LogP contribution in [0.2, 0.25) is 10.0 Å². The van der Waals surface area contributed by atoms with Gasteiger partial charge in [0.2, 0.25) is 0 Å². The van der Waals surface area contributed by atoms with Crippen LogP contribution < -0.4 is 4.74 Å². The second-order valence-corrected chi connectivity index (χ2v) is 8.07. The largest absolute Gasteiger partial charge is 0.482 e. The Kier molecular flexibility index (Phi) is 7.64. The SMILES string of the molecule is O=C(O)COc1ccc(SCC=C(c2cccc(Cl)c2)c2cccc(Cl)c2)cc1. The van der Waals surface area contributed by atoms with Gasteiger partial charge in [0.1, 0.15) is 5.75 Å². The first-order valence-electron chi connectivity index (χ1n) is 8.81. The minimum atomic E-state index is -0.997. The van der Waals surface area contributed by atoms with Crippen LogP contribution in [-0.2, 0) is 4.79 Å². The maximum Gasteiger partial charge on any atom is 0.341 e. The van der Waals surface area contributed by atoms with Crippen molar-refractivity contribution in [3.05, 3.63) is 100 Å². The van der Waals surface area contributed by atoms with Gasteiger partial charge in [-0.2, -0.15) is 0 Å². The first-order chi connectivity index (χ1) is 14.0. The van der Waals surface area contributed by atoms with Gasteiger partial charge >= 0.3 is 5.97 Å². The van der Waals surface area contributed by atoms with Crippen molar-refractivity contribution in [2.75, 3.05) is 12.4 Å². The Morgan fingerprint density at radius 2 is 1.52 bits per heavy atom. The van der Waals surface area contributed by atoms with Gasteiger partial charge in [-0.1, -0.05) is 53.5 Å². The minimum Gasteiger partial charge on any atom is -0.482 e. The van der Waals surface area contributed by atoms with E-state index in [1.165, 1.54) is 0 Å². The summed E-state index contributed by atoms with van der Waals surface area (Å²) in [7, 11) is 0. The van der Waals surface area contributed by atoms with Gasteiger partial charge in [0, 0.05) is 20.7 Å². The molecule has 1 N–H and O–H groups in total. The Balaban J connectivity index is 1.76. The van der Waals surface area contributed by atoms with Gasteiger partial charge < -0.3 is 9.84 Å². The molecule has 0 bridgehead atoms. The third-order valence-corrected chi connectivity index (χ3v) is 5.40. The lowest BCUT2D eigenvalue weighted by Crippen LogP contribution is -2.09. The number of carboxylic acid groups (broad SMARTS) is 1. The van der Waals surface area contributed by atoms with Crippen LogP contribution in [0, 0.1) is 0 Å². The van der Waals surface area contributed by atoms with Gasteiger partial charge in [0.05, 0.1) is 0 Å². The van der Waals surface area contributed by atoms with Crippen LogP contribution in [-0.4, -0.2) is 23.4 Å². The van der Waals surface area contributed by atoms with E-state index in [0.717, 1.165) is 27.3 Å². The zero-order valence-corrected chi connectivity index (χ0v) is 17.7. The predicted molar refractivity (Wildman–Crippen MR) is 120 cm³/mol. The van der Waals surface area contributed by atoms with E-state index < -0.39 is 5.97 Å². The summed E-state index contributed by atoms with van der Waals surface area (Å²) >= 11 is 14.0. The van der Waals surface area contributed by atoms with E-state index >= 15 is 0 Å². The molecule has 0 heterocycles. The minimum absolute atomic E-state index is 0.349. The maximum atomic E-state index is 10.6. The third kappa shape index (κ3) is 6.57. The van der Waals surface area contributed by atoms with E-state index in [9.17, 15) is 4.79 Å². The zero-order valence-electron chi connectivity index (χ0n) is 15.3. The summed E-state index contributed by atoms with van der Waals surface area (Å²) in [4.78, 5) is 11.6. The topological polar surface area (TPSA) is 46.5 Å². The lowest BCUT2D eigenvalue weighted by molar-refractivity contribution is -0.139.